The van der Waals surface area contributed by atoms with E-state index in [0.29, 0.717) is 21.3 Å². The highest BCUT2D eigenvalue weighted by molar-refractivity contribution is 8.00. The predicted molar refractivity (Wildman–Crippen MR) is 170 cm³/mol. The van der Waals surface area contributed by atoms with Crippen molar-refractivity contribution in [1.82, 2.24) is 4.57 Å². The van der Waals surface area contributed by atoms with E-state index in [1.54, 1.807) is 30.3 Å². The summed E-state index contributed by atoms with van der Waals surface area (Å²) in [7, 11) is -0.0555. The van der Waals surface area contributed by atoms with Crippen LogP contribution < -0.4 is 25.1 Å². The number of imide groups is 1. The molecule has 6 rings (SSSR count). The molecule has 0 spiro atoms. The van der Waals surface area contributed by atoms with Crippen LogP contribution in [0.2, 0.25) is 0 Å². The van der Waals surface area contributed by atoms with E-state index >= 15 is 0 Å². The third-order valence-electron chi connectivity index (χ3n) is 7.60. The predicted octanol–water partition coefficient (Wildman–Crippen LogP) is 3.06. The highest BCUT2D eigenvalue weighted by Gasteiger charge is 2.56. The molecule has 0 saturated carbocycles. The van der Waals surface area contributed by atoms with E-state index < -0.39 is 37.9 Å². The Kier molecular flexibility index (Phi) is 7.70. The summed E-state index contributed by atoms with van der Waals surface area (Å²) in [6.07, 6.45) is 0. The van der Waals surface area contributed by atoms with Crippen LogP contribution in [0.15, 0.2) is 93.6 Å². The second kappa shape index (κ2) is 11.4. The van der Waals surface area contributed by atoms with Gasteiger partial charge < -0.3 is 10.2 Å². The summed E-state index contributed by atoms with van der Waals surface area (Å²) in [6.45, 7) is -0.344. The number of nitrogens with one attached hydrogen (secondary N) is 1. The van der Waals surface area contributed by atoms with Crippen molar-refractivity contribution >= 4 is 67.9 Å². The smallest absolute Gasteiger partial charge is 0.308 e. The zero-order chi connectivity index (χ0) is 31.3. The number of benzene rings is 3. The fraction of sp³-hybridized carbons (Fsp3) is 0.200. The summed E-state index contributed by atoms with van der Waals surface area (Å²) in [5.74, 6) is -2.56. The molecule has 1 fully saturated rings. The monoisotopic (exact) mass is 649 g/mol. The van der Waals surface area contributed by atoms with Gasteiger partial charge in [0.15, 0.2) is 0 Å². The maximum Gasteiger partial charge on any atom is 0.308 e. The van der Waals surface area contributed by atoms with Crippen molar-refractivity contribution in [3.63, 3.8) is 0 Å². The number of carbonyl (C=O) groups is 3. The first-order chi connectivity index (χ1) is 20.9. The molecule has 2 aliphatic rings. The van der Waals surface area contributed by atoms with Gasteiger partial charge in [0.2, 0.25) is 27.7 Å². The Bertz CT molecular complexity index is 1940. The van der Waals surface area contributed by atoms with Crippen molar-refractivity contribution in [1.29, 1.82) is 0 Å². The molecule has 0 radical (unpaired) electrons. The lowest BCUT2D eigenvalue weighted by atomic mass is 9.83. The van der Waals surface area contributed by atoms with Gasteiger partial charge in [0.25, 0.3) is 0 Å². The third-order valence-corrected chi connectivity index (χ3v) is 11.1. The number of amides is 3. The minimum atomic E-state index is -3.89. The number of hydrogen-bond donors (Lipinski definition) is 2. The molecule has 3 amide bonds. The standard InChI is InChI=1S/C30H27N5O6S3/c1-33(2)19-12-8-17(9-13-19)23-24-25(28(38)35(27(24)37)20-6-4-3-5-7-20)42-29-26(23)43-30(39)34(29)16-22(36)32-18-10-14-21(15-11-18)44(31,40)41/h3-15,23-25H,16H2,1-2H3,(H,32,36)(H2,31,40,41)/t23-,24-,25+/m0/s1. The normalized spacial score (nSPS) is 19.4. The maximum atomic E-state index is 14.0. The van der Waals surface area contributed by atoms with Gasteiger partial charge in [-0.1, -0.05) is 53.4 Å². The van der Waals surface area contributed by atoms with Crippen molar-refractivity contribution in [2.45, 2.75) is 27.6 Å². The van der Waals surface area contributed by atoms with Crippen LogP contribution in [-0.2, 0) is 31.0 Å². The van der Waals surface area contributed by atoms with Crippen LogP contribution in [0, 0.1) is 5.92 Å². The van der Waals surface area contributed by atoms with Gasteiger partial charge in [-0.15, -0.1) is 0 Å². The van der Waals surface area contributed by atoms with Crippen LogP contribution >= 0.6 is 23.1 Å². The Morgan fingerprint density at radius 2 is 1.59 bits per heavy atom. The number of aromatic nitrogens is 1. The average molecular weight is 650 g/mol. The highest BCUT2D eigenvalue weighted by Crippen LogP contribution is 2.54. The molecule has 4 aromatic rings. The molecule has 2 aliphatic heterocycles. The van der Waals surface area contributed by atoms with Crippen molar-refractivity contribution in [3.05, 3.63) is 99.0 Å². The van der Waals surface area contributed by atoms with Gasteiger partial charge in [0.05, 0.1) is 21.5 Å². The molecule has 1 aromatic heterocycles. The van der Waals surface area contributed by atoms with E-state index in [-0.39, 0.29) is 23.3 Å². The number of anilines is 3. The molecular weight excluding hydrogens is 623 g/mol. The molecule has 0 bridgehead atoms. The molecule has 0 aliphatic carbocycles. The summed E-state index contributed by atoms with van der Waals surface area (Å²) in [4.78, 5) is 57.5. The number of thioether (sulfide) groups is 1. The Morgan fingerprint density at radius 3 is 2.20 bits per heavy atom. The molecule has 11 nitrogen and oxygen atoms in total. The Morgan fingerprint density at radius 1 is 0.932 bits per heavy atom. The molecule has 3 aromatic carbocycles. The number of fused-ring (bicyclic) bond motifs is 2. The number of nitrogens with zero attached hydrogens (tertiary/aromatic N) is 3. The van der Waals surface area contributed by atoms with Crippen molar-refractivity contribution in [3.8, 4) is 0 Å². The average Bonchev–Trinajstić information content (AvgIpc) is 3.43. The number of para-hydroxylation sites is 1. The fourth-order valence-corrected chi connectivity index (χ4v) is 8.79. The number of carbonyl (C=O) groups excluding carboxylic acids is 3. The first kappa shape index (κ1) is 29.8. The molecule has 3 heterocycles. The summed E-state index contributed by atoms with van der Waals surface area (Å²) >= 11 is 2.10. The van der Waals surface area contributed by atoms with Crippen LogP contribution in [0.3, 0.4) is 0 Å². The lowest BCUT2D eigenvalue weighted by Crippen LogP contribution is -2.33. The third kappa shape index (κ3) is 5.34. The van der Waals surface area contributed by atoms with E-state index in [1.165, 1.54) is 33.7 Å². The summed E-state index contributed by atoms with van der Waals surface area (Å²) in [5.41, 5.74) is 2.54. The van der Waals surface area contributed by atoms with E-state index in [0.717, 1.165) is 34.3 Å². The van der Waals surface area contributed by atoms with E-state index in [1.807, 2.05) is 43.3 Å². The first-order valence-electron chi connectivity index (χ1n) is 13.5. The summed E-state index contributed by atoms with van der Waals surface area (Å²) < 4.78 is 24.4. The van der Waals surface area contributed by atoms with E-state index in [2.05, 4.69) is 5.32 Å². The topological polar surface area (TPSA) is 152 Å². The number of sulfonamides is 1. The molecule has 3 atom stereocenters. The molecule has 3 N–H and O–H groups in total. The molecule has 44 heavy (non-hydrogen) atoms. The second-order valence-electron chi connectivity index (χ2n) is 10.6. The number of hydrogen-bond acceptors (Lipinski definition) is 9. The van der Waals surface area contributed by atoms with E-state index in [9.17, 15) is 27.6 Å². The maximum absolute atomic E-state index is 14.0. The van der Waals surface area contributed by atoms with Crippen LogP contribution in [0.4, 0.5) is 17.1 Å². The van der Waals surface area contributed by atoms with E-state index in [4.69, 9.17) is 5.14 Å². The zero-order valence-corrected chi connectivity index (χ0v) is 26.0. The van der Waals surface area contributed by atoms with Gasteiger partial charge in [0.1, 0.15) is 11.8 Å². The summed E-state index contributed by atoms with van der Waals surface area (Å²) in [6, 6.07) is 21.8. The van der Waals surface area contributed by atoms with Crippen LogP contribution in [0.5, 0.6) is 0 Å². The van der Waals surface area contributed by atoms with Gasteiger partial charge in [-0.05, 0) is 54.1 Å². The lowest BCUT2D eigenvalue weighted by Gasteiger charge is -2.31. The quantitative estimate of drug-likeness (QED) is 0.290. The molecule has 0 unspecified atom stereocenters. The zero-order valence-electron chi connectivity index (χ0n) is 23.5. The van der Waals surface area contributed by atoms with Crippen LogP contribution in [0.25, 0.3) is 0 Å². The second-order valence-corrected chi connectivity index (χ2v) is 14.3. The van der Waals surface area contributed by atoms with Crippen molar-refractivity contribution in [2.24, 2.45) is 11.1 Å². The Labute approximate surface area is 261 Å². The largest absolute Gasteiger partial charge is 0.378 e. The van der Waals surface area contributed by atoms with Gasteiger partial charge in [-0.25, -0.2) is 18.5 Å². The van der Waals surface area contributed by atoms with Gasteiger partial charge in [-0.2, -0.15) is 0 Å². The fourth-order valence-electron chi connectivity index (χ4n) is 5.50. The Balaban J connectivity index is 1.37. The summed E-state index contributed by atoms with van der Waals surface area (Å²) in [5, 5.41) is 7.48. The molecular formula is C30H27N5O6S3. The number of thiazole rings is 1. The number of rotatable bonds is 7. The van der Waals surface area contributed by atoms with Gasteiger partial charge in [0, 0.05) is 36.3 Å². The SMILES string of the molecule is CN(C)c1ccc([C@@H]2c3sc(=O)n(CC(=O)Nc4ccc(S(N)(=O)=O)cc4)c3S[C@H]3C(=O)N(c4ccccc4)C(=O)[C@@H]23)cc1. The van der Waals surface area contributed by atoms with Gasteiger partial charge in [-0.3, -0.25) is 23.7 Å². The first-order valence-corrected chi connectivity index (χ1v) is 16.7. The molecule has 14 heteroatoms. The highest BCUT2D eigenvalue weighted by atomic mass is 32.2. The molecule has 1 saturated heterocycles. The molecule has 226 valence electrons. The Hall–Kier alpha value is -4.24. The van der Waals surface area contributed by atoms with Crippen molar-refractivity contribution in [2.75, 3.05) is 29.2 Å². The van der Waals surface area contributed by atoms with Gasteiger partial charge >= 0.3 is 4.87 Å². The van der Waals surface area contributed by atoms with Crippen LogP contribution in [-0.4, -0.2) is 50.1 Å². The van der Waals surface area contributed by atoms with Crippen LogP contribution in [0.1, 0.15) is 16.4 Å². The minimum absolute atomic E-state index is 0.102. The minimum Gasteiger partial charge on any atom is -0.378 e. The number of primary sulfonamides is 1. The lowest BCUT2D eigenvalue weighted by molar-refractivity contribution is -0.122. The number of nitrogens with two attached hydrogens (primary N) is 1. The van der Waals surface area contributed by atoms with Crippen molar-refractivity contribution < 1.29 is 22.8 Å².